The minimum absolute atomic E-state index is 0.0445. The average molecular weight is 775 g/mol. The zero-order chi connectivity index (χ0) is 39.6. The first-order valence-electron chi connectivity index (χ1n) is 20.1. The first-order chi connectivity index (χ1) is 26.1. The van der Waals surface area contributed by atoms with E-state index in [2.05, 4.69) is 43.4 Å². The number of unbranched alkanes of at least 4 members (excludes halogenated alkanes) is 10. The summed E-state index contributed by atoms with van der Waals surface area (Å²) in [6.07, 6.45) is 13.4. The second-order valence-electron chi connectivity index (χ2n) is 14.1. The Morgan fingerprint density at radius 1 is 0.611 bits per heavy atom. The smallest absolute Gasteiger partial charge is 0.305 e. The van der Waals surface area contributed by atoms with Gasteiger partial charge in [-0.25, -0.2) is 0 Å². The highest BCUT2D eigenvalue weighted by molar-refractivity contribution is 5.69. The molecule has 54 heavy (non-hydrogen) atoms. The third-order valence-corrected chi connectivity index (χ3v) is 9.46. The molecule has 2 fully saturated rings. The molecule has 7 N–H and O–H groups in total. The van der Waals surface area contributed by atoms with Gasteiger partial charge in [-0.15, -0.1) is 0 Å². The maximum atomic E-state index is 12.1. The summed E-state index contributed by atoms with van der Waals surface area (Å²) in [5, 5.41) is 71.0. The number of aliphatic hydroxyl groups is 7. The van der Waals surface area contributed by atoms with Gasteiger partial charge in [0.15, 0.2) is 12.6 Å². The van der Waals surface area contributed by atoms with Crippen molar-refractivity contribution in [2.75, 3.05) is 33.0 Å². The van der Waals surface area contributed by atoms with E-state index in [4.69, 9.17) is 28.4 Å². The van der Waals surface area contributed by atoms with Crippen molar-refractivity contribution >= 4 is 5.97 Å². The minimum atomic E-state index is -1.70. The van der Waals surface area contributed by atoms with Gasteiger partial charge in [-0.2, -0.15) is 0 Å². The van der Waals surface area contributed by atoms with Crippen LogP contribution in [0.3, 0.4) is 0 Å². The van der Waals surface area contributed by atoms with Crippen LogP contribution in [0.25, 0.3) is 0 Å². The Kier molecular flexibility index (Phi) is 26.4. The van der Waals surface area contributed by atoms with E-state index in [1.807, 2.05) is 0 Å². The molecule has 0 aromatic carbocycles. The van der Waals surface area contributed by atoms with Crippen molar-refractivity contribution in [1.82, 2.24) is 0 Å². The molecule has 2 rings (SSSR count). The molecule has 0 saturated carbocycles. The molecule has 11 atom stereocenters. The number of rotatable bonds is 29. The molecule has 0 spiro atoms. The Bertz CT molecular complexity index is 1040. The van der Waals surface area contributed by atoms with E-state index < -0.39 is 86.7 Å². The Morgan fingerprint density at radius 3 is 1.72 bits per heavy atom. The molecule has 11 unspecified atom stereocenters. The van der Waals surface area contributed by atoms with Crippen molar-refractivity contribution in [3.63, 3.8) is 0 Å². The quantitative estimate of drug-likeness (QED) is 0.0331. The van der Waals surface area contributed by atoms with E-state index in [9.17, 15) is 40.5 Å². The van der Waals surface area contributed by atoms with Gasteiger partial charge in [0.05, 0.1) is 26.4 Å². The van der Waals surface area contributed by atoms with Gasteiger partial charge in [-0.1, -0.05) is 95.2 Å². The van der Waals surface area contributed by atoms with Crippen LogP contribution in [0.1, 0.15) is 110 Å². The average Bonchev–Trinajstić information content (AvgIpc) is 3.17. The Morgan fingerprint density at radius 2 is 1.13 bits per heavy atom. The highest BCUT2D eigenvalue weighted by atomic mass is 16.7. The van der Waals surface area contributed by atoms with Crippen LogP contribution in [0.4, 0.5) is 0 Å². The molecule has 2 aliphatic rings. The van der Waals surface area contributed by atoms with Crippen LogP contribution in [-0.2, 0) is 33.2 Å². The van der Waals surface area contributed by atoms with Gasteiger partial charge in [0, 0.05) is 13.0 Å². The summed E-state index contributed by atoms with van der Waals surface area (Å²) in [4.78, 5) is 12.1. The molecule has 2 saturated heterocycles. The van der Waals surface area contributed by atoms with Crippen molar-refractivity contribution < 1.29 is 69.0 Å². The summed E-state index contributed by atoms with van der Waals surface area (Å²) in [5.74, 6) is -0.470. The van der Waals surface area contributed by atoms with Crippen molar-refractivity contribution in [2.45, 2.75) is 178 Å². The number of aliphatic hydroxyl groups excluding tert-OH is 7. The van der Waals surface area contributed by atoms with Gasteiger partial charge in [-0.05, 0) is 44.9 Å². The van der Waals surface area contributed by atoms with E-state index in [-0.39, 0.29) is 19.6 Å². The number of hydrogen-bond acceptors (Lipinski definition) is 14. The first kappa shape index (κ1) is 48.4. The summed E-state index contributed by atoms with van der Waals surface area (Å²) in [7, 11) is 0. The largest absolute Gasteiger partial charge is 0.457 e. The fourth-order valence-electron chi connectivity index (χ4n) is 6.03. The van der Waals surface area contributed by atoms with Crippen LogP contribution < -0.4 is 0 Å². The van der Waals surface area contributed by atoms with E-state index in [0.29, 0.717) is 6.61 Å². The number of ether oxygens (including phenoxy) is 6. The van der Waals surface area contributed by atoms with Crippen LogP contribution in [0.15, 0.2) is 36.5 Å². The molecule has 14 heteroatoms. The van der Waals surface area contributed by atoms with E-state index in [1.165, 1.54) is 51.4 Å². The Hall–Kier alpha value is -1.79. The fraction of sp³-hybridized carbons (Fsp3) is 0.825. The molecule has 0 amide bonds. The van der Waals surface area contributed by atoms with Gasteiger partial charge >= 0.3 is 5.97 Å². The fourth-order valence-corrected chi connectivity index (χ4v) is 6.03. The highest BCUT2D eigenvalue weighted by Gasteiger charge is 2.47. The SMILES string of the molecule is CCCCC/C=C\C/C=C\C/C=C\CCCCCCCCCOCC(COC1OC(COC2OC(CO)C(O)C(O)C2O)C(O)C(O)C1O)OC(=O)CC. The van der Waals surface area contributed by atoms with Crippen LogP contribution in [0.5, 0.6) is 0 Å². The number of allylic oxidation sites excluding steroid dienone is 6. The number of carbonyl (C=O) groups is 1. The van der Waals surface area contributed by atoms with E-state index >= 15 is 0 Å². The number of carbonyl (C=O) groups excluding carboxylic acids is 1. The zero-order valence-corrected chi connectivity index (χ0v) is 32.4. The predicted molar refractivity (Wildman–Crippen MR) is 201 cm³/mol. The van der Waals surface area contributed by atoms with Crippen LogP contribution >= 0.6 is 0 Å². The van der Waals surface area contributed by atoms with Gasteiger partial charge in [0.1, 0.15) is 54.9 Å². The minimum Gasteiger partial charge on any atom is -0.457 e. The van der Waals surface area contributed by atoms with Crippen molar-refractivity contribution in [1.29, 1.82) is 0 Å². The normalized spacial score (nSPS) is 29.8. The lowest BCUT2D eigenvalue weighted by Crippen LogP contribution is -2.61. The molecule has 14 nitrogen and oxygen atoms in total. The van der Waals surface area contributed by atoms with Crippen LogP contribution in [0.2, 0.25) is 0 Å². The lowest BCUT2D eigenvalue weighted by Gasteiger charge is -2.42. The van der Waals surface area contributed by atoms with E-state index in [1.54, 1.807) is 6.92 Å². The molecule has 2 aliphatic heterocycles. The summed E-state index contributed by atoms with van der Waals surface area (Å²) in [6.45, 7) is 3.01. The second-order valence-corrected chi connectivity index (χ2v) is 14.1. The standard InChI is InChI=1S/C40H70O14/c1-3-5-6-7-8-9-10-11-12-13-14-15-16-17-18-19-20-21-22-23-24-49-26-29(52-32(42)4-2)27-50-39-38(48)36(46)34(44)31(54-39)28-51-40-37(47)35(45)33(43)30(25-41)53-40/h8-9,11-12,14-15,29-31,33-41,43-48H,3-7,10,13,16-28H2,1-2H3/b9-8-,12-11-,15-14-. The zero-order valence-electron chi connectivity index (χ0n) is 32.4. The topological polar surface area (TPSA) is 214 Å². The summed E-state index contributed by atoms with van der Waals surface area (Å²) in [5.41, 5.74) is 0. The summed E-state index contributed by atoms with van der Waals surface area (Å²) >= 11 is 0. The molecular formula is C40H70O14. The second kappa shape index (κ2) is 29.5. The van der Waals surface area contributed by atoms with Gasteiger partial charge in [0.2, 0.25) is 0 Å². The molecular weight excluding hydrogens is 704 g/mol. The maximum absolute atomic E-state index is 12.1. The molecule has 0 aromatic rings. The molecule has 0 radical (unpaired) electrons. The third-order valence-electron chi connectivity index (χ3n) is 9.46. The van der Waals surface area contributed by atoms with Crippen molar-refractivity contribution in [3.05, 3.63) is 36.5 Å². The lowest BCUT2D eigenvalue weighted by atomic mass is 9.98. The maximum Gasteiger partial charge on any atom is 0.305 e. The Labute approximate surface area is 321 Å². The van der Waals surface area contributed by atoms with Crippen LogP contribution in [0, 0.1) is 0 Å². The van der Waals surface area contributed by atoms with Crippen molar-refractivity contribution in [3.8, 4) is 0 Å². The molecule has 314 valence electrons. The summed E-state index contributed by atoms with van der Waals surface area (Å²) < 4.78 is 33.3. The Balaban J connectivity index is 1.62. The van der Waals surface area contributed by atoms with Gasteiger partial charge < -0.3 is 64.2 Å². The lowest BCUT2D eigenvalue weighted by molar-refractivity contribution is -0.332. The number of esters is 1. The van der Waals surface area contributed by atoms with Crippen LogP contribution in [-0.4, -0.2) is 142 Å². The third kappa shape index (κ3) is 18.9. The molecule has 0 aliphatic carbocycles. The molecule has 0 bridgehead atoms. The van der Waals surface area contributed by atoms with Crippen molar-refractivity contribution in [2.24, 2.45) is 0 Å². The summed E-state index contributed by atoms with van der Waals surface area (Å²) in [6, 6.07) is 0. The first-order valence-corrected chi connectivity index (χ1v) is 20.1. The molecule has 2 heterocycles. The van der Waals surface area contributed by atoms with Gasteiger partial charge in [-0.3, -0.25) is 4.79 Å². The number of hydrogen-bond donors (Lipinski definition) is 7. The predicted octanol–water partition coefficient (Wildman–Crippen LogP) is 3.12. The highest BCUT2D eigenvalue weighted by Crippen LogP contribution is 2.26. The monoisotopic (exact) mass is 774 g/mol. The van der Waals surface area contributed by atoms with Gasteiger partial charge in [0.25, 0.3) is 0 Å². The molecule has 0 aromatic heterocycles. The van der Waals surface area contributed by atoms with E-state index in [0.717, 1.165) is 38.5 Å².